The topological polar surface area (TPSA) is 57.6 Å². The Morgan fingerprint density at radius 1 is 1.38 bits per heavy atom. The van der Waals surface area contributed by atoms with Gasteiger partial charge in [-0.3, -0.25) is 14.5 Å². The fraction of sp³-hybridized carbons (Fsp3) is 0.667. The number of carbonyl (C=O) groups excluding carboxylic acids is 2. The average Bonchev–Trinajstić information content (AvgIpc) is 2.46. The van der Waals surface area contributed by atoms with Gasteiger partial charge in [-0.1, -0.05) is 13.3 Å². The third-order valence-corrected chi connectivity index (χ3v) is 2.86. The Balaban J connectivity index is 2.58. The van der Waals surface area contributed by atoms with Crippen molar-refractivity contribution in [2.75, 3.05) is 13.2 Å². The minimum Gasteiger partial charge on any atom is -0.396 e. The van der Waals surface area contributed by atoms with Crippen molar-refractivity contribution in [2.45, 2.75) is 33.1 Å². The van der Waals surface area contributed by atoms with Gasteiger partial charge in [0.05, 0.1) is 0 Å². The normalized spacial score (nSPS) is 17.9. The van der Waals surface area contributed by atoms with Gasteiger partial charge in [-0.2, -0.15) is 0 Å². The molecule has 0 aliphatic carbocycles. The number of hydrogen-bond donors (Lipinski definition) is 1. The second-order valence-corrected chi connectivity index (χ2v) is 4.25. The minimum atomic E-state index is -0.221. The number of amides is 2. The zero-order chi connectivity index (χ0) is 12.1. The van der Waals surface area contributed by atoms with Crippen LogP contribution in [0.4, 0.5) is 0 Å². The molecular weight excluding hydrogens is 206 g/mol. The van der Waals surface area contributed by atoms with Crippen LogP contribution in [0.2, 0.25) is 0 Å². The molecule has 0 spiro atoms. The van der Waals surface area contributed by atoms with Gasteiger partial charge >= 0.3 is 0 Å². The van der Waals surface area contributed by atoms with Crippen LogP contribution < -0.4 is 0 Å². The molecule has 1 unspecified atom stereocenters. The van der Waals surface area contributed by atoms with Crippen molar-refractivity contribution in [3.63, 3.8) is 0 Å². The zero-order valence-electron chi connectivity index (χ0n) is 9.90. The van der Waals surface area contributed by atoms with Crippen LogP contribution >= 0.6 is 0 Å². The summed E-state index contributed by atoms with van der Waals surface area (Å²) in [5.74, 6) is -0.201. The first kappa shape index (κ1) is 12.9. The maximum Gasteiger partial charge on any atom is 0.256 e. The van der Waals surface area contributed by atoms with Crippen LogP contribution in [0.1, 0.15) is 33.1 Å². The van der Waals surface area contributed by atoms with E-state index in [0.717, 1.165) is 12.8 Å². The van der Waals surface area contributed by atoms with E-state index >= 15 is 0 Å². The lowest BCUT2D eigenvalue weighted by molar-refractivity contribution is -0.138. The summed E-state index contributed by atoms with van der Waals surface area (Å²) in [5, 5.41) is 8.92. The van der Waals surface area contributed by atoms with Crippen molar-refractivity contribution in [3.05, 3.63) is 11.6 Å². The Labute approximate surface area is 95.9 Å². The SMILES string of the molecule is CCCC(CCO)CN1C(=O)C=C(C)C1=O. The fourth-order valence-corrected chi connectivity index (χ4v) is 1.99. The lowest BCUT2D eigenvalue weighted by atomic mass is 9.99. The number of aliphatic hydroxyl groups excluding tert-OH is 1. The molecule has 1 atom stereocenters. The summed E-state index contributed by atoms with van der Waals surface area (Å²) in [7, 11) is 0. The number of carbonyl (C=O) groups is 2. The Hall–Kier alpha value is -1.16. The third-order valence-electron chi connectivity index (χ3n) is 2.86. The van der Waals surface area contributed by atoms with Gasteiger partial charge in [0, 0.05) is 24.8 Å². The third kappa shape index (κ3) is 2.92. The molecule has 90 valence electrons. The average molecular weight is 225 g/mol. The smallest absolute Gasteiger partial charge is 0.256 e. The van der Waals surface area contributed by atoms with Gasteiger partial charge in [-0.15, -0.1) is 0 Å². The molecule has 2 amide bonds. The fourth-order valence-electron chi connectivity index (χ4n) is 1.99. The van der Waals surface area contributed by atoms with Gasteiger partial charge in [0.15, 0.2) is 0 Å². The minimum absolute atomic E-state index is 0.104. The first-order chi connectivity index (χ1) is 7.60. The molecule has 1 aliphatic heterocycles. The number of rotatable bonds is 6. The maximum absolute atomic E-state index is 11.6. The van der Waals surface area contributed by atoms with Crippen molar-refractivity contribution in [3.8, 4) is 0 Å². The zero-order valence-corrected chi connectivity index (χ0v) is 9.90. The summed E-state index contributed by atoms with van der Waals surface area (Å²) in [6.07, 6.45) is 3.94. The highest BCUT2D eigenvalue weighted by Crippen LogP contribution is 2.18. The van der Waals surface area contributed by atoms with Gasteiger partial charge in [0.1, 0.15) is 0 Å². The summed E-state index contributed by atoms with van der Waals surface area (Å²) in [6.45, 7) is 4.25. The lowest BCUT2D eigenvalue weighted by Crippen LogP contribution is -2.35. The van der Waals surface area contributed by atoms with E-state index in [0.29, 0.717) is 18.5 Å². The Kier molecular flexibility index (Phi) is 4.68. The van der Waals surface area contributed by atoms with Crippen LogP contribution in [0, 0.1) is 5.92 Å². The molecule has 4 nitrogen and oxygen atoms in total. The first-order valence-electron chi connectivity index (χ1n) is 5.75. The molecule has 0 aromatic rings. The summed E-state index contributed by atoms with van der Waals surface area (Å²) in [4.78, 5) is 24.4. The van der Waals surface area contributed by atoms with Crippen molar-refractivity contribution in [1.82, 2.24) is 4.90 Å². The monoisotopic (exact) mass is 225 g/mol. The maximum atomic E-state index is 11.6. The summed E-state index contributed by atoms with van der Waals surface area (Å²) in [6, 6.07) is 0. The van der Waals surface area contributed by atoms with Crippen LogP contribution in [0.15, 0.2) is 11.6 Å². The van der Waals surface area contributed by atoms with Gasteiger partial charge in [-0.05, 0) is 25.7 Å². The van der Waals surface area contributed by atoms with E-state index < -0.39 is 0 Å². The molecule has 0 aromatic heterocycles. The van der Waals surface area contributed by atoms with Gasteiger partial charge in [-0.25, -0.2) is 0 Å². The predicted octanol–water partition coefficient (Wildman–Crippen LogP) is 1.10. The quantitative estimate of drug-likeness (QED) is 0.689. The van der Waals surface area contributed by atoms with E-state index in [1.165, 1.54) is 11.0 Å². The van der Waals surface area contributed by atoms with Crippen LogP contribution in [0.25, 0.3) is 0 Å². The largest absolute Gasteiger partial charge is 0.396 e. The summed E-state index contributed by atoms with van der Waals surface area (Å²) >= 11 is 0. The van der Waals surface area contributed by atoms with Crippen LogP contribution in [-0.4, -0.2) is 35.0 Å². The Morgan fingerprint density at radius 2 is 2.06 bits per heavy atom. The van der Waals surface area contributed by atoms with Crippen molar-refractivity contribution < 1.29 is 14.7 Å². The van der Waals surface area contributed by atoms with Crippen LogP contribution in [0.3, 0.4) is 0 Å². The molecule has 1 N–H and O–H groups in total. The highest BCUT2D eigenvalue weighted by Gasteiger charge is 2.29. The number of hydrogen-bond acceptors (Lipinski definition) is 3. The molecule has 0 bridgehead atoms. The van der Waals surface area contributed by atoms with Crippen molar-refractivity contribution in [1.29, 1.82) is 0 Å². The predicted molar refractivity (Wildman–Crippen MR) is 60.6 cm³/mol. The molecular formula is C12H19NO3. The van der Waals surface area contributed by atoms with Crippen LogP contribution in [0.5, 0.6) is 0 Å². The van der Waals surface area contributed by atoms with Crippen molar-refractivity contribution in [2.24, 2.45) is 5.92 Å². The number of nitrogens with zero attached hydrogens (tertiary/aromatic N) is 1. The highest BCUT2D eigenvalue weighted by atomic mass is 16.3. The second-order valence-electron chi connectivity index (χ2n) is 4.25. The van der Waals surface area contributed by atoms with E-state index in [1.807, 2.05) is 0 Å². The molecule has 0 saturated carbocycles. The Morgan fingerprint density at radius 3 is 2.50 bits per heavy atom. The molecule has 0 aromatic carbocycles. The Bertz CT molecular complexity index is 303. The highest BCUT2D eigenvalue weighted by molar-refractivity contribution is 6.15. The van der Waals surface area contributed by atoms with Crippen LogP contribution in [-0.2, 0) is 9.59 Å². The van der Waals surface area contributed by atoms with E-state index in [2.05, 4.69) is 6.92 Å². The molecule has 4 heteroatoms. The van der Waals surface area contributed by atoms with Gasteiger partial charge in [0.25, 0.3) is 11.8 Å². The molecule has 1 aliphatic rings. The molecule has 0 saturated heterocycles. The lowest BCUT2D eigenvalue weighted by Gasteiger charge is -2.21. The standard InChI is InChI=1S/C12H19NO3/c1-3-4-10(5-6-14)8-13-11(15)7-9(2)12(13)16/h7,10,14H,3-6,8H2,1-2H3. The second kappa shape index (κ2) is 5.80. The van der Waals surface area contributed by atoms with E-state index in [4.69, 9.17) is 5.11 Å². The van der Waals surface area contributed by atoms with Crippen molar-refractivity contribution >= 4 is 11.8 Å². The number of aliphatic hydroxyl groups is 1. The molecule has 0 radical (unpaired) electrons. The van der Waals surface area contributed by atoms with E-state index in [-0.39, 0.29) is 24.3 Å². The van der Waals surface area contributed by atoms with E-state index in [1.54, 1.807) is 6.92 Å². The summed E-state index contributed by atoms with van der Waals surface area (Å²) in [5.41, 5.74) is 0.504. The summed E-state index contributed by atoms with van der Waals surface area (Å²) < 4.78 is 0. The van der Waals surface area contributed by atoms with Gasteiger partial charge < -0.3 is 5.11 Å². The van der Waals surface area contributed by atoms with E-state index in [9.17, 15) is 9.59 Å². The molecule has 16 heavy (non-hydrogen) atoms. The number of imide groups is 1. The molecule has 1 heterocycles. The van der Waals surface area contributed by atoms with Gasteiger partial charge in [0.2, 0.25) is 0 Å². The molecule has 1 rings (SSSR count). The molecule has 0 fully saturated rings. The first-order valence-corrected chi connectivity index (χ1v) is 5.75.